The lowest BCUT2D eigenvalue weighted by Crippen LogP contribution is -2.51. The molecule has 8 heteroatoms. The van der Waals surface area contributed by atoms with Crippen molar-refractivity contribution >= 4 is 23.8 Å². The second-order valence-corrected chi connectivity index (χ2v) is 27.0. The number of esters is 2. The van der Waals surface area contributed by atoms with Crippen molar-refractivity contribution in [3.8, 4) is 0 Å². The quantitative estimate of drug-likeness (QED) is 0.0367. The van der Waals surface area contributed by atoms with Crippen molar-refractivity contribution in [3.05, 3.63) is 60.3 Å². The summed E-state index contributed by atoms with van der Waals surface area (Å²) in [6.07, 6.45) is 63.1. The van der Waals surface area contributed by atoms with E-state index in [0.29, 0.717) is 11.3 Å². The van der Waals surface area contributed by atoms with Crippen molar-refractivity contribution in [2.45, 2.75) is 318 Å². The number of rotatable bonds is 45. The molecule has 4 aliphatic rings. The molecule has 4 aliphatic carbocycles. The number of amides is 1. The van der Waals surface area contributed by atoms with E-state index in [9.17, 15) is 24.3 Å². The Morgan fingerprint density at radius 1 is 0.605 bits per heavy atom. The average molecular weight is 1130 g/mol. The van der Waals surface area contributed by atoms with Crippen LogP contribution in [0.1, 0.15) is 305 Å². The Bertz CT molecular complexity index is 1860. The molecule has 0 radical (unpaired) electrons. The number of fused-ring (bicyclic) bond motifs is 5. The first-order valence-electron chi connectivity index (χ1n) is 34.4. The molecule has 8 atom stereocenters. The Balaban J connectivity index is 1.22. The lowest BCUT2D eigenvalue weighted by atomic mass is 9.47. The molecule has 1 N–H and O–H groups in total. The first-order valence-corrected chi connectivity index (χ1v) is 34.4. The molecule has 4 rings (SSSR count). The molecule has 462 valence electrons. The van der Waals surface area contributed by atoms with Gasteiger partial charge in [-0.2, -0.15) is 0 Å². The molecule has 0 aliphatic heterocycles. The smallest absolute Gasteiger partial charge is 0.325 e. The van der Waals surface area contributed by atoms with E-state index in [1.807, 2.05) is 0 Å². The summed E-state index contributed by atoms with van der Waals surface area (Å²) in [4.78, 5) is 53.9. The number of nitrogens with zero attached hydrogens (tertiary/aromatic N) is 1. The predicted octanol–water partition coefficient (Wildman–Crippen LogP) is 20.3. The van der Waals surface area contributed by atoms with E-state index >= 15 is 0 Å². The van der Waals surface area contributed by atoms with E-state index < -0.39 is 23.8 Å². The number of carbonyl (C=O) groups excluding carboxylic acids is 3. The molecular formula is C73H123NO7. The first kappa shape index (κ1) is 70.1. The van der Waals surface area contributed by atoms with Gasteiger partial charge in [0, 0.05) is 19.4 Å². The molecule has 0 aromatic carbocycles. The highest BCUT2D eigenvalue weighted by Gasteiger charge is 2.59. The Kier molecular flexibility index (Phi) is 35.3. The second kappa shape index (κ2) is 40.8. The second-order valence-electron chi connectivity index (χ2n) is 27.0. The third-order valence-electron chi connectivity index (χ3n) is 20.1. The third-order valence-corrected chi connectivity index (χ3v) is 20.1. The summed E-state index contributed by atoms with van der Waals surface area (Å²) in [5.74, 6) is 2.20. The van der Waals surface area contributed by atoms with Gasteiger partial charge in [0.2, 0.25) is 5.91 Å². The fourth-order valence-corrected chi connectivity index (χ4v) is 15.2. The Morgan fingerprint density at radius 2 is 1.16 bits per heavy atom. The molecule has 0 aromatic rings. The zero-order valence-electron chi connectivity index (χ0n) is 53.4. The minimum absolute atomic E-state index is 0.100. The SMILES string of the molecule is CCCCC/C=C\C/C=C\CCCCCCCCC(CCCCCCCC/C=C\C/C=C\CCCCC)OC(=O)CCC(=O)N(CCC(=O)O)CC(=O)O[C@H]1CC[C@@]2(C)C(=CC[C@H]3[C@@H]4CC[C@H]([C@H](C)CCCC(C)C)[C@@]4(C)CC[C@@H]32)C1. The summed E-state index contributed by atoms with van der Waals surface area (Å²) >= 11 is 0. The number of allylic oxidation sites excluding steroid dienone is 9. The highest BCUT2D eigenvalue weighted by atomic mass is 16.5. The van der Waals surface area contributed by atoms with E-state index in [0.717, 1.165) is 119 Å². The number of carboxylic acid groups (broad SMARTS) is 1. The minimum Gasteiger partial charge on any atom is -0.481 e. The van der Waals surface area contributed by atoms with Gasteiger partial charge >= 0.3 is 17.9 Å². The number of aliphatic carboxylic acids is 1. The summed E-state index contributed by atoms with van der Waals surface area (Å²) in [6, 6.07) is 0. The number of carbonyl (C=O) groups is 4. The standard InChI is InChI=1S/C73H123NO7/c1-8-10-12-14-16-18-20-22-24-26-28-30-32-34-36-38-43-62(44-39-37-35-33-31-29-27-25-23-21-19-17-15-13-11-9-2)80-70(78)50-49-68(75)74(56-53-69(76)77)58-71(79)81-63-51-54-72(6)61(57-63)45-46-64-66-48-47-65(60(5)42-40-41-59(3)4)73(66,7)55-52-67(64)72/h16-19,22-25,45,59-60,62-67H,8-15,20-21,26-44,46-58H2,1-7H3,(H,76,77)/b18-16-,19-17-,24-22-,25-23-/t60-,63+,64+,65-,66+,67+,72+,73-/m1/s1. The van der Waals surface area contributed by atoms with Crippen LogP contribution in [0.2, 0.25) is 0 Å². The molecule has 8 nitrogen and oxygen atoms in total. The Morgan fingerprint density at radius 3 is 1.72 bits per heavy atom. The van der Waals surface area contributed by atoms with Crippen LogP contribution in [0.5, 0.6) is 0 Å². The van der Waals surface area contributed by atoms with Gasteiger partial charge in [-0.05, 0) is 181 Å². The molecule has 1 amide bonds. The number of unbranched alkanes of at least 4 members (excludes halogenated alkanes) is 18. The van der Waals surface area contributed by atoms with Crippen LogP contribution in [-0.4, -0.2) is 59.1 Å². The van der Waals surface area contributed by atoms with Crippen LogP contribution < -0.4 is 0 Å². The van der Waals surface area contributed by atoms with E-state index in [-0.39, 0.29) is 50.0 Å². The van der Waals surface area contributed by atoms with Crippen LogP contribution in [-0.2, 0) is 28.7 Å². The van der Waals surface area contributed by atoms with Gasteiger partial charge in [-0.1, -0.05) is 205 Å². The molecule has 0 heterocycles. The van der Waals surface area contributed by atoms with Gasteiger partial charge in [-0.3, -0.25) is 19.2 Å². The van der Waals surface area contributed by atoms with Gasteiger partial charge in [0.15, 0.2) is 0 Å². The van der Waals surface area contributed by atoms with Gasteiger partial charge in [-0.25, -0.2) is 0 Å². The topological polar surface area (TPSA) is 110 Å². The summed E-state index contributed by atoms with van der Waals surface area (Å²) < 4.78 is 12.3. The molecular weight excluding hydrogens is 1000 g/mol. The lowest BCUT2D eigenvalue weighted by molar-refractivity contribution is -0.157. The summed E-state index contributed by atoms with van der Waals surface area (Å²) in [5.41, 5.74) is 2.00. The van der Waals surface area contributed by atoms with Crippen LogP contribution in [0.4, 0.5) is 0 Å². The monoisotopic (exact) mass is 1130 g/mol. The number of carboxylic acids is 1. The fraction of sp³-hybridized carbons (Fsp3) is 0.808. The van der Waals surface area contributed by atoms with Gasteiger partial charge in [0.25, 0.3) is 0 Å². The van der Waals surface area contributed by atoms with Crippen LogP contribution in [0, 0.1) is 46.3 Å². The molecule has 0 bridgehead atoms. The van der Waals surface area contributed by atoms with E-state index in [1.165, 1.54) is 158 Å². The lowest BCUT2D eigenvalue weighted by Gasteiger charge is -2.58. The van der Waals surface area contributed by atoms with Crippen LogP contribution in [0.25, 0.3) is 0 Å². The normalized spacial score (nSPS) is 24.1. The molecule has 3 saturated carbocycles. The Hall–Kier alpha value is -3.42. The number of ether oxygens (including phenoxy) is 2. The molecule has 0 saturated heterocycles. The van der Waals surface area contributed by atoms with Gasteiger partial charge in [0.05, 0.1) is 12.8 Å². The molecule has 0 spiro atoms. The summed E-state index contributed by atoms with van der Waals surface area (Å²) in [7, 11) is 0. The van der Waals surface area contributed by atoms with Gasteiger partial charge < -0.3 is 19.5 Å². The van der Waals surface area contributed by atoms with Crippen molar-refractivity contribution in [2.75, 3.05) is 13.1 Å². The van der Waals surface area contributed by atoms with Crippen molar-refractivity contribution in [2.24, 2.45) is 46.3 Å². The summed E-state index contributed by atoms with van der Waals surface area (Å²) in [6.45, 7) is 16.4. The maximum atomic E-state index is 13.7. The molecule has 81 heavy (non-hydrogen) atoms. The Labute approximate surface area is 497 Å². The van der Waals surface area contributed by atoms with E-state index in [4.69, 9.17) is 9.47 Å². The largest absolute Gasteiger partial charge is 0.481 e. The minimum atomic E-state index is -1.04. The maximum Gasteiger partial charge on any atom is 0.325 e. The zero-order chi connectivity index (χ0) is 58.6. The average Bonchev–Trinajstić information content (AvgIpc) is 2.70. The molecule has 0 aromatic heterocycles. The zero-order valence-corrected chi connectivity index (χ0v) is 53.4. The molecule has 3 fully saturated rings. The number of hydrogen-bond acceptors (Lipinski definition) is 6. The van der Waals surface area contributed by atoms with E-state index in [2.05, 4.69) is 103 Å². The fourth-order valence-electron chi connectivity index (χ4n) is 15.2. The highest BCUT2D eigenvalue weighted by molar-refractivity contribution is 5.85. The van der Waals surface area contributed by atoms with Gasteiger partial charge in [-0.15, -0.1) is 0 Å². The maximum absolute atomic E-state index is 13.7. The van der Waals surface area contributed by atoms with Crippen molar-refractivity contribution in [3.63, 3.8) is 0 Å². The first-order chi connectivity index (χ1) is 39.2. The summed E-state index contributed by atoms with van der Waals surface area (Å²) in [5, 5.41) is 9.60. The van der Waals surface area contributed by atoms with Gasteiger partial charge in [0.1, 0.15) is 18.8 Å². The third kappa shape index (κ3) is 26.6. The van der Waals surface area contributed by atoms with Crippen LogP contribution in [0.3, 0.4) is 0 Å². The van der Waals surface area contributed by atoms with Crippen molar-refractivity contribution < 1.29 is 33.8 Å². The van der Waals surface area contributed by atoms with E-state index in [1.54, 1.807) is 0 Å². The van der Waals surface area contributed by atoms with Crippen LogP contribution in [0.15, 0.2) is 60.3 Å². The van der Waals surface area contributed by atoms with Crippen LogP contribution >= 0.6 is 0 Å². The predicted molar refractivity (Wildman–Crippen MR) is 339 cm³/mol. The van der Waals surface area contributed by atoms with Crippen molar-refractivity contribution in [1.29, 1.82) is 0 Å². The number of hydrogen-bond donors (Lipinski definition) is 1. The van der Waals surface area contributed by atoms with Crippen molar-refractivity contribution in [1.82, 2.24) is 4.90 Å². The highest BCUT2D eigenvalue weighted by Crippen LogP contribution is 2.67. The molecule has 0 unspecified atom stereocenters.